The molecule has 2 aliphatic heterocycles. The second-order valence-electron chi connectivity index (χ2n) is 10.4. The second kappa shape index (κ2) is 11.3. The van der Waals surface area contributed by atoms with Gasteiger partial charge in [0.1, 0.15) is 5.75 Å². The summed E-state index contributed by atoms with van der Waals surface area (Å²) in [5, 5.41) is 8.59. The van der Waals surface area contributed by atoms with Gasteiger partial charge in [-0.3, -0.25) is 0 Å². The minimum Gasteiger partial charge on any atom is -0.493 e. The summed E-state index contributed by atoms with van der Waals surface area (Å²) in [4.78, 5) is 12.7. The normalized spacial score (nSPS) is 14.9. The van der Waals surface area contributed by atoms with E-state index in [0.29, 0.717) is 29.8 Å². The first-order valence-electron chi connectivity index (χ1n) is 14.5. The highest BCUT2D eigenvalue weighted by molar-refractivity contribution is 6.51. The minimum absolute atomic E-state index is 0.365. The number of aromatic nitrogens is 2. The number of nitrogens with zero attached hydrogens (tertiary/aromatic N) is 5. The minimum atomic E-state index is -0.365. The van der Waals surface area contributed by atoms with Crippen LogP contribution in [-0.4, -0.2) is 42.3 Å². The van der Waals surface area contributed by atoms with Gasteiger partial charge in [0.2, 0.25) is 0 Å². The van der Waals surface area contributed by atoms with Crippen LogP contribution in [0.25, 0.3) is 5.69 Å². The topological polar surface area (TPSA) is 85.5 Å². The van der Waals surface area contributed by atoms with Gasteiger partial charge in [-0.1, -0.05) is 54.6 Å². The molecule has 9 heteroatoms. The molecule has 220 valence electrons. The Hall–Kier alpha value is -5.57. The van der Waals surface area contributed by atoms with E-state index in [0.717, 1.165) is 51.1 Å². The first kappa shape index (κ1) is 27.3. The van der Waals surface area contributed by atoms with Crippen LogP contribution < -0.4 is 24.4 Å². The number of aryl methyl sites for hydroxylation is 1. The van der Waals surface area contributed by atoms with Crippen molar-refractivity contribution < 1.29 is 14.2 Å². The van der Waals surface area contributed by atoms with Crippen LogP contribution in [0, 0.1) is 6.92 Å². The maximum atomic E-state index is 6.02. The number of anilines is 2. The lowest BCUT2D eigenvalue weighted by molar-refractivity contribution is 0.342. The number of nitrogens with one attached hydrogen (secondary N) is 1. The van der Waals surface area contributed by atoms with Crippen LogP contribution in [0.5, 0.6) is 17.2 Å². The fourth-order valence-corrected chi connectivity index (χ4v) is 5.95. The molecule has 0 spiro atoms. The third-order valence-electron chi connectivity index (χ3n) is 7.81. The van der Waals surface area contributed by atoms with Crippen LogP contribution >= 0.6 is 0 Å². The van der Waals surface area contributed by atoms with Crippen LogP contribution in [0.1, 0.15) is 29.8 Å². The summed E-state index contributed by atoms with van der Waals surface area (Å²) in [5.74, 6) is 3.99. The van der Waals surface area contributed by atoms with Gasteiger partial charge in [0.25, 0.3) is 0 Å². The van der Waals surface area contributed by atoms with Gasteiger partial charge in [0, 0.05) is 11.1 Å². The molecule has 1 unspecified atom stereocenters. The number of ether oxygens (including phenoxy) is 3. The summed E-state index contributed by atoms with van der Waals surface area (Å²) >= 11 is 0. The molecule has 0 fully saturated rings. The summed E-state index contributed by atoms with van der Waals surface area (Å²) in [5.41, 5.74) is 6.18. The largest absolute Gasteiger partial charge is 0.493 e. The third kappa shape index (κ3) is 4.44. The highest BCUT2D eigenvalue weighted by Gasteiger charge is 2.43. The Morgan fingerprint density at radius 1 is 0.795 bits per heavy atom. The van der Waals surface area contributed by atoms with Gasteiger partial charge in [0.05, 0.1) is 55.3 Å². The quantitative estimate of drug-likeness (QED) is 0.215. The summed E-state index contributed by atoms with van der Waals surface area (Å²) in [7, 11) is 3.32. The van der Waals surface area contributed by atoms with Crippen molar-refractivity contribution in [2.45, 2.75) is 19.9 Å². The van der Waals surface area contributed by atoms with Gasteiger partial charge in [-0.05, 0) is 56.3 Å². The zero-order valence-corrected chi connectivity index (χ0v) is 25.0. The molecular weight excluding hydrogens is 552 g/mol. The number of rotatable bonds is 7. The predicted octanol–water partition coefficient (Wildman–Crippen LogP) is 7.39. The smallest absolute Gasteiger partial charge is 0.179 e. The van der Waals surface area contributed by atoms with Crippen molar-refractivity contribution in [2.75, 3.05) is 31.0 Å². The number of amidine groups is 2. The van der Waals surface area contributed by atoms with Crippen molar-refractivity contribution in [1.82, 2.24) is 9.78 Å². The third-order valence-corrected chi connectivity index (χ3v) is 7.81. The molecule has 0 saturated carbocycles. The van der Waals surface area contributed by atoms with Gasteiger partial charge in [-0.15, -0.1) is 0 Å². The lowest BCUT2D eigenvalue weighted by Crippen LogP contribution is -2.46. The van der Waals surface area contributed by atoms with Crippen molar-refractivity contribution >= 4 is 34.6 Å². The molecule has 4 aromatic carbocycles. The number of methoxy groups -OCH3 is 2. The molecule has 0 aliphatic carbocycles. The van der Waals surface area contributed by atoms with Crippen molar-refractivity contribution in [1.29, 1.82) is 0 Å². The van der Waals surface area contributed by atoms with Crippen LogP contribution in [0.2, 0.25) is 0 Å². The van der Waals surface area contributed by atoms with Crippen LogP contribution in [-0.2, 0) is 0 Å². The number of aliphatic imine (C=N–C) groups is 2. The fraction of sp³-hybridized carbons (Fsp3) is 0.171. The molecule has 5 aromatic rings. The molecule has 1 N–H and O–H groups in total. The van der Waals surface area contributed by atoms with E-state index in [2.05, 4.69) is 22.3 Å². The number of para-hydroxylation sites is 6. The molecule has 1 atom stereocenters. The molecule has 7 rings (SSSR count). The maximum Gasteiger partial charge on any atom is 0.179 e. The van der Waals surface area contributed by atoms with Crippen LogP contribution in [0.3, 0.4) is 0 Å². The van der Waals surface area contributed by atoms with Crippen LogP contribution in [0.15, 0.2) is 107 Å². The maximum absolute atomic E-state index is 6.02. The second-order valence-corrected chi connectivity index (χ2v) is 10.4. The van der Waals surface area contributed by atoms with E-state index in [1.165, 1.54) is 0 Å². The van der Waals surface area contributed by atoms with Crippen molar-refractivity contribution in [3.63, 3.8) is 0 Å². The number of benzene rings is 4. The summed E-state index contributed by atoms with van der Waals surface area (Å²) < 4.78 is 19.6. The Bertz CT molecular complexity index is 1910. The standard InChI is InChI=1S/C35H32N6O3/c1-5-44-28-20-12-10-18-26(28)37-33-35-38-34-30(22(2)39-41(34)23-14-7-6-8-15-23)31(24-16-13-21-29(42-3)32(24)43-4)40(35)27-19-11-9-17-25(27)36-33/h6-21,31H,5H2,1-4H3,(H,36,37). The molecule has 2 aliphatic rings. The molecule has 0 saturated heterocycles. The average molecular weight is 585 g/mol. The van der Waals surface area contributed by atoms with Crippen LogP contribution in [0.4, 0.5) is 22.9 Å². The first-order valence-corrected chi connectivity index (χ1v) is 14.5. The highest BCUT2D eigenvalue weighted by Crippen LogP contribution is 2.51. The first-order chi connectivity index (χ1) is 21.6. The van der Waals surface area contributed by atoms with E-state index in [1.807, 2.05) is 103 Å². The average Bonchev–Trinajstić information content (AvgIpc) is 3.40. The zero-order chi connectivity index (χ0) is 30.2. The Morgan fingerprint density at radius 3 is 2.34 bits per heavy atom. The van der Waals surface area contributed by atoms with Gasteiger partial charge in [0.15, 0.2) is 29.0 Å². The Morgan fingerprint density at radius 2 is 1.55 bits per heavy atom. The van der Waals surface area contributed by atoms with Gasteiger partial charge in [-0.25, -0.2) is 14.7 Å². The monoisotopic (exact) mass is 584 g/mol. The molecular formula is C35H32N6O3. The van der Waals surface area contributed by atoms with E-state index in [-0.39, 0.29) is 6.04 Å². The molecule has 44 heavy (non-hydrogen) atoms. The molecule has 0 amide bonds. The highest BCUT2D eigenvalue weighted by atomic mass is 16.5. The summed E-state index contributed by atoms with van der Waals surface area (Å²) in [6.45, 7) is 4.54. The predicted molar refractivity (Wildman–Crippen MR) is 174 cm³/mol. The number of hydrogen-bond donors (Lipinski definition) is 1. The van der Waals surface area contributed by atoms with E-state index >= 15 is 0 Å². The lowest BCUT2D eigenvalue weighted by atomic mass is 9.92. The van der Waals surface area contributed by atoms with Gasteiger partial charge in [-0.2, -0.15) is 5.10 Å². The zero-order valence-electron chi connectivity index (χ0n) is 25.0. The molecule has 1 aromatic heterocycles. The Labute approximate surface area is 256 Å². The summed E-state index contributed by atoms with van der Waals surface area (Å²) in [6.07, 6.45) is 0. The fourth-order valence-electron chi connectivity index (χ4n) is 5.95. The number of hydrogen-bond acceptors (Lipinski definition) is 8. The summed E-state index contributed by atoms with van der Waals surface area (Å²) in [6, 6.07) is 31.6. The van der Waals surface area contributed by atoms with Gasteiger partial charge >= 0.3 is 0 Å². The Balaban J connectivity index is 1.52. The molecule has 0 radical (unpaired) electrons. The number of fused-ring (bicyclic) bond motifs is 4. The van der Waals surface area contributed by atoms with Crippen molar-refractivity contribution in [3.8, 4) is 22.9 Å². The molecule has 0 bridgehead atoms. The van der Waals surface area contributed by atoms with E-state index in [1.54, 1.807) is 14.2 Å². The SMILES string of the molecule is CCOc1ccccc1NC1=Nc2ccccc2N2C1=Nc1c(c(C)nn1-c1ccccc1)C2c1cccc(OC)c1OC. The lowest BCUT2D eigenvalue weighted by Gasteiger charge is -2.41. The van der Waals surface area contributed by atoms with Gasteiger partial charge < -0.3 is 24.4 Å². The molecule has 9 nitrogen and oxygen atoms in total. The molecule has 3 heterocycles. The van der Waals surface area contributed by atoms with E-state index in [4.69, 9.17) is 29.3 Å². The Kier molecular flexibility index (Phi) is 6.98. The van der Waals surface area contributed by atoms with Crippen molar-refractivity contribution in [3.05, 3.63) is 114 Å². The van der Waals surface area contributed by atoms with Crippen molar-refractivity contribution in [2.24, 2.45) is 9.98 Å². The van der Waals surface area contributed by atoms with E-state index < -0.39 is 0 Å². The van der Waals surface area contributed by atoms with E-state index in [9.17, 15) is 0 Å².